The third-order valence-corrected chi connectivity index (χ3v) is 4.49. The number of hydrogen-bond acceptors (Lipinski definition) is 1. The van der Waals surface area contributed by atoms with Gasteiger partial charge in [0, 0.05) is 10.2 Å². The van der Waals surface area contributed by atoms with Crippen molar-refractivity contribution in [3.63, 3.8) is 0 Å². The number of carbonyl (C=O) groups is 1. The Balaban J connectivity index is 1.90. The Labute approximate surface area is 133 Å². The number of amides is 1. The minimum Gasteiger partial charge on any atom is -0.325 e. The molecule has 0 radical (unpaired) electrons. The first-order valence-corrected chi connectivity index (χ1v) is 7.78. The van der Waals surface area contributed by atoms with E-state index in [1.807, 2.05) is 54.6 Å². The highest BCUT2D eigenvalue weighted by atomic mass is 79.9. The van der Waals surface area contributed by atoms with E-state index >= 15 is 0 Å². The van der Waals surface area contributed by atoms with Gasteiger partial charge < -0.3 is 5.32 Å². The summed E-state index contributed by atoms with van der Waals surface area (Å²) in [4.78, 5) is 12.9. The Morgan fingerprint density at radius 2 is 1.57 bits per heavy atom. The zero-order chi connectivity index (χ0) is 14.7. The summed E-state index contributed by atoms with van der Waals surface area (Å²) >= 11 is 3.45. The van der Waals surface area contributed by atoms with Crippen LogP contribution < -0.4 is 5.32 Å². The van der Waals surface area contributed by atoms with E-state index in [2.05, 4.69) is 33.4 Å². The van der Waals surface area contributed by atoms with Crippen LogP contribution in [0.1, 0.15) is 18.4 Å². The molecule has 0 atom stereocenters. The minimum atomic E-state index is -0.490. The number of benzene rings is 2. The Morgan fingerprint density at radius 1 is 0.952 bits per heavy atom. The number of halogens is 1. The van der Waals surface area contributed by atoms with E-state index in [4.69, 9.17) is 0 Å². The number of carbonyl (C=O) groups excluding carboxylic acids is 1. The van der Waals surface area contributed by atoms with Gasteiger partial charge in [0.25, 0.3) is 0 Å². The van der Waals surface area contributed by atoms with Crippen LogP contribution in [0.2, 0.25) is 0 Å². The summed E-state index contributed by atoms with van der Waals surface area (Å²) in [7, 11) is 0. The normalized spacial score (nSPS) is 15.9. The molecule has 0 aliphatic heterocycles. The molecule has 1 aliphatic rings. The molecule has 0 saturated heterocycles. The maximum absolute atomic E-state index is 12.9. The molecule has 0 heterocycles. The number of anilines is 1. The second-order valence-corrected chi connectivity index (χ2v) is 6.20. The summed E-state index contributed by atoms with van der Waals surface area (Å²) in [5.41, 5.74) is 1.41. The molecule has 0 bridgehead atoms. The smallest absolute Gasteiger partial charge is 0.235 e. The molecule has 2 aromatic rings. The van der Waals surface area contributed by atoms with Crippen molar-refractivity contribution in [3.8, 4) is 0 Å². The van der Waals surface area contributed by atoms with E-state index in [-0.39, 0.29) is 5.91 Å². The van der Waals surface area contributed by atoms with E-state index in [0.717, 1.165) is 28.6 Å². The molecule has 1 amide bonds. The lowest BCUT2D eigenvalue weighted by Gasteiger charge is -2.28. The quantitative estimate of drug-likeness (QED) is 0.807. The van der Waals surface area contributed by atoms with Gasteiger partial charge in [0.15, 0.2) is 0 Å². The predicted octanol–water partition coefficient (Wildman–Crippen LogP) is 4.68. The molecule has 0 fully saturated rings. The monoisotopic (exact) mass is 341 g/mol. The fourth-order valence-electron chi connectivity index (χ4n) is 2.75. The van der Waals surface area contributed by atoms with Gasteiger partial charge in [-0.15, -0.1) is 0 Å². The van der Waals surface area contributed by atoms with Crippen LogP contribution in [0.3, 0.4) is 0 Å². The Hall–Kier alpha value is -1.87. The summed E-state index contributed by atoms with van der Waals surface area (Å²) in [6, 6.07) is 17.7. The third-order valence-electron chi connectivity index (χ3n) is 3.96. The lowest BCUT2D eigenvalue weighted by molar-refractivity contribution is -0.121. The zero-order valence-electron chi connectivity index (χ0n) is 11.6. The highest BCUT2D eigenvalue weighted by Crippen LogP contribution is 2.38. The van der Waals surface area contributed by atoms with E-state index < -0.39 is 5.41 Å². The van der Waals surface area contributed by atoms with Crippen molar-refractivity contribution in [1.82, 2.24) is 0 Å². The first-order valence-electron chi connectivity index (χ1n) is 6.98. The average Bonchev–Trinajstić information content (AvgIpc) is 3.00. The van der Waals surface area contributed by atoms with Gasteiger partial charge in [0.2, 0.25) is 5.91 Å². The Bertz CT molecular complexity index is 653. The van der Waals surface area contributed by atoms with Gasteiger partial charge in [-0.2, -0.15) is 0 Å². The molecule has 3 rings (SSSR count). The number of rotatable bonds is 3. The van der Waals surface area contributed by atoms with Crippen LogP contribution in [-0.2, 0) is 10.2 Å². The van der Waals surface area contributed by atoms with Gasteiger partial charge in [-0.1, -0.05) is 58.4 Å². The summed E-state index contributed by atoms with van der Waals surface area (Å²) in [6.07, 6.45) is 5.67. The lowest BCUT2D eigenvalue weighted by atomic mass is 9.77. The summed E-state index contributed by atoms with van der Waals surface area (Å²) < 4.78 is 1.02. The van der Waals surface area contributed by atoms with E-state index in [0.29, 0.717) is 0 Å². The van der Waals surface area contributed by atoms with E-state index in [1.165, 1.54) is 0 Å². The lowest BCUT2D eigenvalue weighted by Crippen LogP contribution is -2.38. The molecule has 1 aliphatic carbocycles. The van der Waals surface area contributed by atoms with Crippen molar-refractivity contribution in [2.75, 3.05) is 5.32 Å². The van der Waals surface area contributed by atoms with Crippen molar-refractivity contribution in [3.05, 3.63) is 76.8 Å². The van der Waals surface area contributed by atoms with Crippen LogP contribution in [0, 0.1) is 0 Å². The van der Waals surface area contributed by atoms with Crippen molar-refractivity contribution in [2.45, 2.75) is 18.3 Å². The summed E-state index contributed by atoms with van der Waals surface area (Å²) in [5, 5.41) is 3.05. The highest BCUT2D eigenvalue weighted by molar-refractivity contribution is 9.10. The van der Waals surface area contributed by atoms with Gasteiger partial charge >= 0.3 is 0 Å². The van der Waals surface area contributed by atoms with Gasteiger partial charge in [-0.3, -0.25) is 4.79 Å². The highest BCUT2D eigenvalue weighted by Gasteiger charge is 2.40. The molecular weight excluding hydrogens is 326 g/mol. The average molecular weight is 342 g/mol. The summed E-state index contributed by atoms with van der Waals surface area (Å²) in [6.45, 7) is 0. The maximum Gasteiger partial charge on any atom is 0.235 e. The van der Waals surface area contributed by atoms with Crippen molar-refractivity contribution in [1.29, 1.82) is 0 Å². The topological polar surface area (TPSA) is 29.1 Å². The molecule has 2 aromatic carbocycles. The van der Waals surface area contributed by atoms with Crippen LogP contribution in [0.15, 0.2) is 71.2 Å². The zero-order valence-corrected chi connectivity index (χ0v) is 13.1. The largest absolute Gasteiger partial charge is 0.325 e. The van der Waals surface area contributed by atoms with Crippen LogP contribution in [0.5, 0.6) is 0 Å². The number of para-hydroxylation sites is 1. The van der Waals surface area contributed by atoms with Crippen LogP contribution in [0.4, 0.5) is 5.69 Å². The van der Waals surface area contributed by atoms with Crippen molar-refractivity contribution < 1.29 is 4.79 Å². The molecule has 106 valence electrons. The standard InChI is InChI=1S/C18H16BrNO/c19-15-10-8-14(9-11-15)18(12-4-5-13-18)17(21)20-16-6-2-1-3-7-16/h1-11H,12-13H2,(H,20,21). The predicted molar refractivity (Wildman–Crippen MR) is 89.3 cm³/mol. The number of hydrogen-bond donors (Lipinski definition) is 1. The molecule has 2 nitrogen and oxygen atoms in total. The second kappa shape index (κ2) is 5.86. The molecule has 0 aromatic heterocycles. The Morgan fingerprint density at radius 3 is 2.19 bits per heavy atom. The second-order valence-electron chi connectivity index (χ2n) is 5.29. The Kier molecular flexibility index (Phi) is 3.93. The van der Waals surface area contributed by atoms with Gasteiger partial charge in [0.1, 0.15) is 0 Å². The molecular formula is C18H16BrNO. The number of allylic oxidation sites excluding steroid dienone is 2. The maximum atomic E-state index is 12.9. The van der Waals surface area contributed by atoms with Crippen molar-refractivity contribution in [2.24, 2.45) is 0 Å². The molecule has 0 spiro atoms. The molecule has 21 heavy (non-hydrogen) atoms. The van der Waals surface area contributed by atoms with E-state index in [1.54, 1.807) is 0 Å². The first-order chi connectivity index (χ1) is 10.2. The fraction of sp³-hybridized carbons (Fsp3) is 0.167. The van der Waals surface area contributed by atoms with Crippen LogP contribution >= 0.6 is 15.9 Å². The molecule has 0 unspecified atom stereocenters. The first kappa shape index (κ1) is 14.1. The molecule has 1 N–H and O–H groups in total. The number of nitrogens with one attached hydrogen (secondary N) is 1. The third kappa shape index (κ3) is 2.79. The van der Waals surface area contributed by atoms with Crippen LogP contribution in [-0.4, -0.2) is 5.91 Å². The van der Waals surface area contributed by atoms with Gasteiger partial charge in [-0.25, -0.2) is 0 Å². The van der Waals surface area contributed by atoms with Gasteiger partial charge in [0.05, 0.1) is 5.41 Å². The fourth-order valence-corrected chi connectivity index (χ4v) is 3.01. The van der Waals surface area contributed by atoms with Crippen LogP contribution in [0.25, 0.3) is 0 Å². The summed E-state index contributed by atoms with van der Waals surface area (Å²) in [5.74, 6) is 0.0565. The molecule has 0 saturated carbocycles. The van der Waals surface area contributed by atoms with Crippen molar-refractivity contribution >= 4 is 27.5 Å². The molecule has 3 heteroatoms. The van der Waals surface area contributed by atoms with E-state index in [9.17, 15) is 4.79 Å². The SMILES string of the molecule is O=C(Nc1ccccc1)C1(c2ccc(Br)cc2)CC=CC1. The minimum absolute atomic E-state index is 0.0565. The van der Waals surface area contributed by atoms with Gasteiger partial charge in [-0.05, 0) is 42.7 Å².